The highest BCUT2D eigenvalue weighted by atomic mass is 35.5. The molecule has 200 valence electrons. The maximum Gasteiger partial charge on any atom is 0.260 e. The van der Waals surface area contributed by atoms with Crippen molar-refractivity contribution in [3.05, 3.63) is 95.3 Å². The van der Waals surface area contributed by atoms with Gasteiger partial charge < -0.3 is 19.3 Å². The van der Waals surface area contributed by atoms with Gasteiger partial charge in [-0.15, -0.1) is 0 Å². The van der Waals surface area contributed by atoms with E-state index in [2.05, 4.69) is 0 Å². The summed E-state index contributed by atoms with van der Waals surface area (Å²) in [5.74, 6) is 0.242. The Labute approximate surface area is 227 Å². The average Bonchev–Trinajstić information content (AvgIpc) is 2.91. The Morgan fingerprint density at radius 1 is 1.00 bits per heavy atom. The predicted molar refractivity (Wildman–Crippen MR) is 145 cm³/mol. The SMILES string of the molecule is CN(Cc1ccccc1)C(=O)C[C@]1(COc2cccc(Cl)c2)CCCN(C(=O)COc2cccc(F)c2)C1. The predicted octanol–water partition coefficient (Wildman–Crippen LogP) is 5.59. The molecule has 1 atom stereocenters. The van der Waals surface area contributed by atoms with Crippen LogP contribution in [0.2, 0.25) is 5.02 Å². The fourth-order valence-corrected chi connectivity index (χ4v) is 4.90. The van der Waals surface area contributed by atoms with E-state index in [0.29, 0.717) is 36.2 Å². The summed E-state index contributed by atoms with van der Waals surface area (Å²) in [6.07, 6.45) is 1.68. The number of hydrogen-bond acceptors (Lipinski definition) is 4. The standard InChI is InChI=1S/C30H32ClFN2O4/c1-33(19-23-8-3-2-4-9-23)28(35)18-30(22-38-26-12-5-10-24(31)16-26)14-7-15-34(21-30)29(36)20-37-27-13-6-11-25(32)17-27/h2-6,8-13,16-17H,7,14-15,18-22H2,1H3/t30-/m1/s1. The molecule has 0 spiro atoms. The molecule has 0 N–H and O–H groups in total. The zero-order valence-electron chi connectivity index (χ0n) is 21.4. The van der Waals surface area contributed by atoms with Gasteiger partial charge in [0.05, 0.1) is 6.61 Å². The minimum atomic E-state index is -0.586. The normalized spacial score (nSPS) is 17.1. The lowest BCUT2D eigenvalue weighted by atomic mass is 9.77. The second-order valence-corrected chi connectivity index (χ2v) is 10.3. The average molecular weight is 539 g/mol. The van der Waals surface area contributed by atoms with Crippen molar-refractivity contribution in [3.63, 3.8) is 0 Å². The van der Waals surface area contributed by atoms with Crippen molar-refractivity contribution in [2.75, 3.05) is 33.4 Å². The van der Waals surface area contributed by atoms with Crippen LogP contribution < -0.4 is 9.47 Å². The van der Waals surface area contributed by atoms with Gasteiger partial charge in [0.15, 0.2) is 6.61 Å². The van der Waals surface area contributed by atoms with Crippen LogP contribution in [0.15, 0.2) is 78.9 Å². The van der Waals surface area contributed by atoms with E-state index in [9.17, 15) is 14.0 Å². The third-order valence-corrected chi connectivity index (χ3v) is 6.96. The lowest BCUT2D eigenvalue weighted by Gasteiger charge is -2.42. The molecule has 1 aliphatic heterocycles. The molecule has 1 fully saturated rings. The van der Waals surface area contributed by atoms with E-state index >= 15 is 0 Å². The van der Waals surface area contributed by atoms with E-state index in [1.54, 1.807) is 35.0 Å². The number of carbonyl (C=O) groups excluding carboxylic acids is 2. The van der Waals surface area contributed by atoms with Gasteiger partial charge in [-0.3, -0.25) is 9.59 Å². The molecule has 1 saturated heterocycles. The number of nitrogens with zero attached hydrogens (tertiary/aromatic N) is 2. The van der Waals surface area contributed by atoms with Crippen LogP contribution in [0.1, 0.15) is 24.8 Å². The zero-order valence-corrected chi connectivity index (χ0v) is 22.2. The summed E-state index contributed by atoms with van der Waals surface area (Å²) in [7, 11) is 1.79. The maximum atomic E-state index is 13.5. The Morgan fingerprint density at radius 2 is 1.74 bits per heavy atom. The summed E-state index contributed by atoms with van der Waals surface area (Å²) in [6, 6.07) is 22.7. The number of piperidine rings is 1. The van der Waals surface area contributed by atoms with E-state index in [1.807, 2.05) is 42.5 Å². The molecule has 1 heterocycles. The molecule has 0 saturated carbocycles. The third-order valence-electron chi connectivity index (χ3n) is 6.73. The first kappa shape index (κ1) is 27.5. The van der Waals surface area contributed by atoms with Crippen molar-refractivity contribution < 1.29 is 23.5 Å². The van der Waals surface area contributed by atoms with E-state index < -0.39 is 11.2 Å². The van der Waals surface area contributed by atoms with Crippen molar-refractivity contribution in [3.8, 4) is 11.5 Å². The molecule has 0 aliphatic carbocycles. The molecule has 3 aromatic carbocycles. The minimum Gasteiger partial charge on any atom is -0.493 e. The molecule has 4 rings (SSSR count). The topological polar surface area (TPSA) is 59.1 Å². The van der Waals surface area contributed by atoms with Gasteiger partial charge in [-0.05, 0) is 48.7 Å². The lowest BCUT2D eigenvalue weighted by Crippen LogP contribution is -2.51. The molecule has 2 amide bonds. The molecular weight excluding hydrogens is 507 g/mol. The first-order valence-corrected chi connectivity index (χ1v) is 13.0. The number of hydrogen-bond donors (Lipinski definition) is 0. The first-order valence-electron chi connectivity index (χ1n) is 12.6. The van der Waals surface area contributed by atoms with E-state index in [-0.39, 0.29) is 31.4 Å². The molecular formula is C30H32ClFN2O4. The van der Waals surface area contributed by atoms with Gasteiger partial charge >= 0.3 is 0 Å². The fraction of sp³-hybridized carbons (Fsp3) is 0.333. The van der Waals surface area contributed by atoms with Gasteiger partial charge in [-0.25, -0.2) is 4.39 Å². The molecule has 3 aromatic rings. The van der Waals surface area contributed by atoms with Crippen LogP contribution in [0.4, 0.5) is 4.39 Å². The molecule has 8 heteroatoms. The molecule has 0 bridgehead atoms. The molecule has 0 aromatic heterocycles. The molecule has 1 aliphatic rings. The van der Waals surface area contributed by atoms with E-state index in [1.165, 1.54) is 18.2 Å². The van der Waals surface area contributed by atoms with Crippen LogP contribution in [0.5, 0.6) is 11.5 Å². The van der Waals surface area contributed by atoms with Crippen LogP contribution in [0, 0.1) is 11.2 Å². The summed E-state index contributed by atoms with van der Waals surface area (Å²) in [5.41, 5.74) is 0.458. The minimum absolute atomic E-state index is 0.0196. The number of halogens is 2. The molecule has 0 radical (unpaired) electrons. The van der Waals surface area contributed by atoms with Crippen LogP contribution in [0.25, 0.3) is 0 Å². The summed E-state index contributed by atoms with van der Waals surface area (Å²) in [6.45, 7) is 1.44. The second-order valence-electron chi connectivity index (χ2n) is 9.82. The lowest BCUT2D eigenvalue weighted by molar-refractivity contribution is -0.142. The van der Waals surface area contributed by atoms with Crippen LogP contribution in [0.3, 0.4) is 0 Å². The molecule has 0 unspecified atom stereocenters. The molecule has 6 nitrogen and oxygen atoms in total. The third kappa shape index (κ3) is 7.71. The van der Waals surface area contributed by atoms with Crippen LogP contribution in [-0.2, 0) is 16.1 Å². The Bertz CT molecular complexity index is 1240. The van der Waals surface area contributed by atoms with Gasteiger partial charge in [-0.1, -0.05) is 54.1 Å². The Hall–Kier alpha value is -3.58. The van der Waals surface area contributed by atoms with Gasteiger partial charge in [0.2, 0.25) is 5.91 Å². The van der Waals surface area contributed by atoms with Crippen molar-refractivity contribution in [1.29, 1.82) is 0 Å². The number of ether oxygens (including phenoxy) is 2. The highest BCUT2D eigenvalue weighted by Gasteiger charge is 2.40. The highest BCUT2D eigenvalue weighted by molar-refractivity contribution is 6.30. The quantitative estimate of drug-likeness (QED) is 0.337. The van der Waals surface area contributed by atoms with Crippen molar-refractivity contribution in [2.24, 2.45) is 5.41 Å². The smallest absolute Gasteiger partial charge is 0.260 e. The number of amides is 2. The van der Waals surface area contributed by atoms with Crippen molar-refractivity contribution in [2.45, 2.75) is 25.8 Å². The van der Waals surface area contributed by atoms with Gasteiger partial charge in [0.25, 0.3) is 5.91 Å². The summed E-state index contributed by atoms with van der Waals surface area (Å²) >= 11 is 6.13. The number of likely N-dealkylation sites (tertiary alicyclic amines) is 1. The maximum absolute atomic E-state index is 13.5. The summed E-state index contributed by atoms with van der Waals surface area (Å²) < 4.78 is 25.2. The van der Waals surface area contributed by atoms with Gasteiger partial charge in [0, 0.05) is 49.6 Å². The Morgan fingerprint density at radius 3 is 2.47 bits per heavy atom. The molecule has 38 heavy (non-hydrogen) atoms. The Kier molecular flexibility index (Phi) is 9.24. The van der Waals surface area contributed by atoms with Crippen LogP contribution >= 0.6 is 11.6 Å². The monoisotopic (exact) mass is 538 g/mol. The number of carbonyl (C=O) groups is 2. The summed E-state index contributed by atoms with van der Waals surface area (Å²) in [5, 5.41) is 0.560. The number of benzene rings is 3. The fourth-order valence-electron chi connectivity index (χ4n) is 4.72. The second kappa shape index (κ2) is 12.8. The van der Waals surface area contributed by atoms with Gasteiger partial charge in [-0.2, -0.15) is 0 Å². The van der Waals surface area contributed by atoms with Crippen molar-refractivity contribution in [1.82, 2.24) is 9.80 Å². The van der Waals surface area contributed by atoms with E-state index in [0.717, 1.165) is 18.4 Å². The summed E-state index contributed by atoms with van der Waals surface area (Å²) in [4.78, 5) is 29.9. The number of rotatable bonds is 10. The van der Waals surface area contributed by atoms with E-state index in [4.69, 9.17) is 21.1 Å². The highest BCUT2D eigenvalue weighted by Crippen LogP contribution is 2.36. The Balaban J connectivity index is 1.46. The largest absolute Gasteiger partial charge is 0.493 e. The van der Waals surface area contributed by atoms with Crippen molar-refractivity contribution >= 4 is 23.4 Å². The zero-order chi connectivity index (χ0) is 27.0. The van der Waals surface area contributed by atoms with Gasteiger partial charge in [0.1, 0.15) is 17.3 Å². The first-order chi connectivity index (χ1) is 18.3. The van der Waals surface area contributed by atoms with Crippen LogP contribution in [-0.4, -0.2) is 55.0 Å².